The SMILES string of the molecule is N#Cc1cc(NC(=O)c2cnn(-c3cccc4ncccc34)c2C(F)(F)F)cnc1-n1cncn1. The summed E-state index contributed by atoms with van der Waals surface area (Å²) < 4.78 is 44.3. The van der Waals surface area contributed by atoms with E-state index in [9.17, 15) is 23.2 Å². The molecule has 0 unspecified atom stereocenters. The van der Waals surface area contributed by atoms with E-state index in [2.05, 4.69) is 30.5 Å². The molecule has 0 bridgehead atoms. The van der Waals surface area contributed by atoms with Gasteiger partial charge in [0.2, 0.25) is 0 Å². The molecule has 13 heteroatoms. The second-order valence-electron chi connectivity index (χ2n) is 7.16. The number of nitriles is 1. The number of nitrogens with zero attached hydrogens (tertiary/aromatic N) is 8. The first-order chi connectivity index (χ1) is 16.9. The van der Waals surface area contributed by atoms with Crippen molar-refractivity contribution in [3.63, 3.8) is 0 Å². The fraction of sp³-hybridized carbons (Fsp3) is 0.0455. The molecule has 5 rings (SSSR count). The van der Waals surface area contributed by atoms with Gasteiger partial charge in [-0.25, -0.2) is 19.3 Å². The molecule has 0 aliphatic carbocycles. The van der Waals surface area contributed by atoms with Crippen LogP contribution in [-0.2, 0) is 6.18 Å². The van der Waals surface area contributed by atoms with E-state index in [0.717, 1.165) is 6.20 Å². The van der Waals surface area contributed by atoms with Crippen LogP contribution < -0.4 is 5.32 Å². The number of pyridine rings is 2. The summed E-state index contributed by atoms with van der Waals surface area (Å²) in [4.78, 5) is 24.9. The minimum absolute atomic E-state index is 0.0191. The zero-order chi connectivity index (χ0) is 24.6. The Bertz CT molecular complexity index is 1600. The molecule has 0 aliphatic heterocycles. The summed E-state index contributed by atoms with van der Waals surface area (Å²) in [5, 5.41) is 20.0. The van der Waals surface area contributed by atoms with Crippen LogP contribution in [0.1, 0.15) is 21.6 Å². The van der Waals surface area contributed by atoms with E-state index in [1.807, 2.05) is 6.07 Å². The summed E-state index contributed by atoms with van der Waals surface area (Å²) >= 11 is 0. The maximum Gasteiger partial charge on any atom is 0.434 e. The fourth-order valence-electron chi connectivity index (χ4n) is 3.55. The van der Waals surface area contributed by atoms with E-state index in [1.54, 1.807) is 24.3 Å². The number of fused-ring (bicyclic) bond motifs is 1. The second-order valence-corrected chi connectivity index (χ2v) is 7.16. The highest BCUT2D eigenvalue weighted by molar-refractivity contribution is 6.05. The maximum absolute atomic E-state index is 14.1. The lowest BCUT2D eigenvalue weighted by Gasteiger charge is -2.14. The van der Waals surface area contributed by atoms with Gasteiger partial charge in [-0.1, -0.05) is 6.07 Å². The van der Waals surface area contributed by atoms with Crippen molar-refractivity contribution in [3.05, 3.63) is 84.5 Å². The van der Waals surface area contributed by atoms with Crippen molar-refractivity contribution >= 4 is 22.5 Å². The molecule has 1 N–H and O–H groups in total. The van der Waals surface area contributed by atoms with Crippen LogP contribution in [0.5, 0.6) is 0 Å². The van der Waals surface area contributed by atoms with Gasteiger partial charge < -0.3 is 5.32 Å². The average molecular weight is 475 g/mol. The number of aromatic nitrogens is 7. The predicted molar refractivity (Wildman–Crippen MR) is 116 cm³/mol. The molecule has 4 heterocycles. The summed E-state index contributed by atoms with van der Waals surface area (Å²) in [6.45, 7) is 0. The molecule has 0 saturated heterocycles. The number of carbonyl (C=O) groups is 1. The van der Waals surface area contributed by atoms with Crippen molar-refractivity contribution < 1.29 is 18.0 Å². The molecular weight excluding hydrogens is 463 g/mol. The zero-order valence-corrected chi connectivity index (χ0v) is 17.5. The molecule has 0 spiro atoms. The number of benzene rings is 1. The van der Waals surface area contributed by atoms with E-state index in [1.165, 1.54) is 41.9 Å². The Hall–Kier alpha value is -5.12. The van der Waals surface area contributed by atoms with Gasteiger partial charge >= 0.3 is 6.18 Å². The van der Waals surface area contributed by atoms with Crippen molar-refractivity contribution in [1.29, 1.82) is 5.26 Å². The average Bonchev–Trinajstić information content (AvgIpc) is 3.54. The minimum atomic E-state index is -4.90. The lowest BCUT2D eigenvalue weighted by molar-refractivity contribution is -0.143. The summed E-state index contributed by atoms with van der Waals surface area (Å²) in [5.41, 5.74) is -1.31. The first-order valence-electron chi connectivity index (χ1n) is 9.92. The molecule has 35 heavy (non-hydrogen) atoms. The van der Waals surface area contributed by atoms with Gasteiger partial charge in [0.1, 0.15) is 18.7 Å². The molecule has 0 fully saturated rings. The third kappa shape index (κ3) is 3.93. The van der Waals surface area contributed by atoms with Gasteiger partial charge in [0.25, 0.3) is 5.91 Å². The number of hydrogen-bond acceptors (Lipinski definition) is 7. The van der Waals surface area contributed by atoms with E-state index in [4.69, 9.17) is 0 Å². The smallest absolute Gasteiger partial charge is 0.320 e. The number of alkyl halides is 3. The number of nitrogens with one attached hydrogen (secondary N) is 1. The lowest BCUT2D eigenvalue weighted by atomic mass is 10.1. The van der Waals surface area contributed by atoms with Crippen LogP contribution in [0, 0.1) is 11.3 Å². The van der Waals surface area contributed by atoms with E-state index >= 15 is 0 Å². The standard InChI is InChI=1S/C22H12F3N9O/c23-22(24,25)19-16(10-30-34(19)18-5-1-4-17-15(18)3-2-6-28-17)21(35)32-14-7-13(8-26)20(29-9-14)33-12-27-11-31-33/h1-7,9-12H,(H,32,35). The first kappa shape index (κ1) is 21.7. The van der Waals surface area contributed by atoms with Crippen molar-refractivity contribution in [2.45, 2.75) is 6.18 Å². The third-order valence-electron chi connectivity index (χ3n) is 5.01. The molecule has 1 aromatic carbocycles. The molecule has 0 atom stereocenters. The largest absolute Gasteiger partial charge is 0.434 e. The Morgan fingerprint density at radius 1 is 1.09 bits per heavy atom. The number of rotatable bonds is 4. The van der Waals surface area contributed by atoms with Crippen LogP contribution in [0.25, 0.3) is 22.4 Å². The number of halogens is 3. The molecular formula is C22H12F3N9O. The predicted octanol–water partition coefficient (Wildman–Crippen LogP) is 3.54. The molecule has 0 saturated carbocycles. The Kier molecular flexibility index (Phi) is 5.17. The van der Waals surface area contributed by atoms with Gasteiger partial charge in [0.05, 0.1) is 40.4 Å². The van der Waals surface area contributed by atoms with Crippen LogP contribution in [0.4, 0.5) is 18.9 Å². The van der Waals surface area contributed by atoms with Crippen LogP contribution in [-0.4, -0.2) is 40.4 Å². The third-order valence-corrected chi connectivity index (χ3v) is 5.01. The van der Waals surface area contributed by atoms with Gasteiger partial charge in [0.15, 0.2) is 11.5 Å². The van der Waals surface area contributed by atoms with Gasteiger partial charge in [-0.15, -0.1) is 0 Å². The molecule has 1 amide bonds. The van der Waals surface area contributed by atoms with Crippen LogP contribution in [0.15, 0.2) is 67.6 Å². The van der Waals surface area contributed by atoms with Crippen LogP contribution in [0.3, 0.4) is 0 Å². The highest BCUT2D eigenvalue weighted by Crippen LogP contribution is 2.35. The van der Waals surface area contributed by atoms with E-state index < -0.39 is 23.3 Å². The van der Waals surface area contributed by atoms with Gasteiger partial charge in [0, 0.05) is 11.6 Å². The Morgan fingerprint density at radius 3 is 2.69 bits per heavy atom. The summed E-state index contributed by atoms with van der Waals surface area (Å²) in [7, 11) is 0. The Balaban J connectivity index is 1.54. The van der Waals surface area contributed by atoms with Crippen molar-refractivity contribution in [1.82, 2.24) is 34.5 Å². The summed E-state index contributed by atoms with van der Waals surface area (Å²) in [6.07, 6.45) is 1.24. The zero-order valence-electron chi connectivity index (χ0n) is 17.5. The monoisotopic (exact) mass is 475 g/mol. The Labute approximate surface area is 194 Å². The molecule has 10 nitrogen and oxygen atoms in total. The van der Waals surface area contributed by atoms with E-state index in [-0.39, 0.29) is 22.8 Å². The highest BCUT2D eigenvalue weighted by atomic mass is 19.4. The van der Waals surface area contributed by atoms with Gasteiger partial charge in [-0.3, -0.25) is 9.78 Å². The fourth-order valence-corrected chi connectivity index (χ4v) is 3.55. The molecule has 0 radical (unpaired) electrons. The normalized spacial score (nSPS) is 11.4. The molecule has 5 aromatic rings. The Morgan fingerprint density at radius 2 is 1.94 bits per heavy atom. The molecule has 0 aliphatic rings. The van der Waals surface area contributed by atoms with Gasteiger partial charge in [-0.05, 0) is 30.3 Å². The van der Waals surface area contributed by atoms with E-state index in [0.29, 0.717) is 15.6 Å². The van der Waals surface area contributed by atoms with Crippen LogP contribution >= 0.6 is 0 Å². The van der Waals surface area contributed by atoms with Gasteiger partial charge in [-0.2, -0.15) is 28.6 Å². The first-order valence-corrected chi connectivity index (χ1v) is 9.92. The highest BCUT2D eigenvalue weighted by Gasteiger charge is 2.41. The summed E-state index contributed by atoms with van der Waals surface area (Å²) in [6, 6.07) is 11.1. The lowest BCUT2D eigenvalue weighted by Crippen LogP contribution is -2.21. The maximum atomic E-state index is 14.1. The second kappa shape index (κ2) is 8.34. The molecule has 4 aromatic heterocycles. The number of carbonyl (C=O) groups excluding carboxylic acids is 1. The minimum Gasteiger partial charge on any atom is -0.320 e. The van der Waals surface area contributed by atoms with Crippen molar-refractivity contribution in [2.75, 3.05) is 5.32 Å². The van der Waals surface area contributed by atoms with Crippen LogP contribution in [0.2, 0.25) is 0 Å². The summed E-state index contributed by atoms with van der Waals surface area (Å²) in [5.74, 6) is -0.919. The quantitative estimate of drug-likeness (QED) is 0.421. The number of hydrogen-bond donors (Lipinski definition) is 1. The molecule has 172 valence electrons. The van der Waals surface area contributed by atoms with Crippen molar-refractivity contribution in [2.24, 2.45) is 0 Å². The van der Waals surface area contributed by atoms with Crippen molar-refractivity contribution in [3.8, 4) is 17.6 Å². The topological polar surface area (TPSA) is 127 Å². The number of anilines is 1. The number of amides is 1.